The van der Waals surface area contributed by atoms with Crippen molar-refractivity contribution in [1.82, 2.24) is 15.0 Å². The molecule has 0 fully saturated rings. The standard InChI is InChI=1S/C15H30N6/c1-7-10(4)16-13-19-14(17-11(5)8-2)21-15(20-13)18-12(6)9-3/h10-12H,7-9H2,1-6H3,(H3,16,17,18,19,20,21)/t10-,11-,12-/m0/s1. The number of aromatic nitrogens is 3. The largest absolute Gasteiger partial charge is 0.352 e. The van der Waals surface area contributed by atoms with Gasteiger partial charge in [0.25, 0.3) is 0 Å². The summed E-state index contributed by atoms with van der Waals surface area (Å²) in [6, 6.07) is 1.00. The Morgan fingerprint density at radius 1 is 0.619 bits per heavy atom. The van der Waals surface area contributed by atoms with Crippen molar-refractivity contribution in [3.05, 3.63) is 0 Å². The molecule has 120 valence electrons. The molecule has 0 aliphatic carbocycles. The van der Waals surface area contributed by atoms with Gasteiger partial charge in [-0.3, -0.25) is 0 Å². The van der Waals surface area contributed by atoms with E-state index in [1.165, 1.54) is 0 Å². The van der Waals surface area contributed by atoms with Gasteiger partial charge in [0.1, 0.15) is 0 Å². The lowest BCUT2D eigenvalue weighted by molar-refractivity contribution is 0.728. The highest BCUT2D eigenvalue weighted by atomic mass is 15.3. The van der Waals surface area contributed by atoms with Crippen LogP contribution in [-0.2, 0) is 0 Å². The van der Waals surface area contributed by atoms with Gasteiger partial charge >= 0.3 is 0 Å². The molecule has 0 bridgehead atoms. The average molecular weight is 294 g/mol. The number of nitrogens with one attached hydrogen (secondary N) is 3. The van der Waals surface area contributed by atoms with Crippen LogP contribution >= 0.6 is 0 Å². The normalized spacial score (nSPS) is 15.1. The molecule has 1 aromatic rings. The van der Waals surface area contributed by atoms with Crippen LogP contribution in [0.4, 0.5) is 17.8 Å². The molecule has 0 spiro atoms. The maximum absolute atomic E-state index is 4.46. The molecule has 3 N–H and O–H groups in total. The van der Waals surface area contributed by atoms with Crippen LogP contribution in [0.1, 0.15) is 60.8 Å². The zero-order chi connectivity index (χ0) is 15.8. The Morgan fingerprint density at radius 3 is 1.05 bits per heavy atom. The first-order valence-corrected chi connectivity index (χ1v) is 8.04. The summed E-state index contributed by atoms with van der Waals surface area (Å²) in [4.78, 5) is 13.4. The van der Waals surface area contributed by atoms with Crippen LogP contribution in [-0.4, -0.2) is 33.1 Å². The summed E-state index contributed by atoms with van der Waals surface area (Å²) < 4.78 is 0. The first-order valence-electron chi connectivity index (χ1n) is 8.04. The molecule has 3 atom stereocenters. The third-order valence-electron chi connectivity index (χ3n) is 3.60. The van der Waals surface area contributed by atoms with Gasteiger partial charge in [-0.05, 0) is 40.0 Å². The highest BCUT2D eigenvalue weighted by molar-refractivity contribution is 5.43. The van der Waals surface area contributed by atoms with E-state index in [9.17, 15) is 0 Å². The quantitative estimate of drug-likeness (QED) is 0.647. The Kier molecular flexibility index (Phi) is 7.19. The second kappa shape index (κ2) is 8.64. The van der Waals surface area contributed by atoms with E-state index in [-0.39, 0.29) is 0 Å². The summed E-state index contributed by atoms with van der Waals surface area (Å²) >= 11 is 0. The van der Waals surface area contributed by atoms with E-state index < -0.39 is 0 Å². The molecule has 0 aromatic carbocycles. The molecule has 0 unspecified atom stereocenters. The summed E-state index contributed by atoms with van der Waals surface area (Å²) in [6.07, 6.45) is 3.07. The van der Waals surface area contributed by atoms with E-state index in [4.69, 9.17) is 0 Å². The Balaban J connectivity index is 2.95. The molecule has 21 heavy (non-hydrogen) atoms. The Labute approximate surface area is 128 Å². The summed E-state index contributed by atoms with van der Waals surface area (Å²) in [5, 5.41) is 9.94. The Hall–Kier alpha value is -1.59. The molecule has 0 radical (unpaired) electrons. The van der Waals surface area contributed by atoms with Gasteiger partial charge < -0.3 is 16.0 Å². The monoisotopic (exact) mass is 294 g/mol. The molecule has 6 heteroatoms. The second-order valence-electron chi connectivity index (χ2n) is 5.67. The predicted octanol–water partition coefficient (Wildman–Crippen LogP) is 3.50. The van der Waals surface area contributed by atoms with Crippen molar-refractivity contribution in [2.45, 2.75) is 78.9 Å². The third-order valence-corrected chi connectivity index (χ3v) is 3.60. The fourth-order valence-electron chi connectivity index (χ4n) is 1.54. The maximum atomic E-state index is 4.46. The van der Waals surface area contributed by atoms with Crippen molar-refractivity contribution in [2.24, 2.45) is 0 Å². The van der Waals surface area contributed by atoms with Crippen LogP contribution < -0.4 is 16.0 Å². The smallest absolute Gasteiger partial charge is 0.229 e. The lowest BCUT2D eigenvalue weighted by Gasteiger charge is -2.17. The van der Waals surface area contributed by atoms with Gasteiger partial charge in [-0.2, -0.15) is 15.0 Å². The van der Waals surface area contributed by atoms with Crippen molar-refractivity contribution in [3.63, 3.8) is 0 Å². The fraction of sp³-hybridized carbons (Fsp3) is 0.800. The van der Waals surface area contributed by atoms with E-state index in [1.54, 1.807) is 0 Å². The molecule has 1 heterocycles. The van der Waals surface area contributed by atoms with Gasteiger partial charge in [-0.25, -0.2) is 0 Å². The van der Waals surface area contributed by atoms with Gasteiger partial charge in [0, 0.05) is 18.1 Å². The van der Waals surface area contributed by atoms with Gasteiger partial charge in [0.2, 0.25) is 17.8 Å². The second-order valence-corrected chi connectivity index (χ2v) is 5.67. The van der Waals surface area contributed by atoms with Gasteiger partial charge in [-0.1, -0.05) is 20.8 Å². The van der Waals surface area contributed by atoms with Gasteiger partial charge in [-0.15, -0.1) is 0 Å². The van der Waals surface area contributed by atoms with Crippen molar-refractivity contribution >= 4 is 17.8 Å². The molecular formula is C15H30N6. The minimum atomic E-state index is 0.334. The lowest BCUT2D eigenvalue weighted by atomic mass is 10.3. The number of hydrogen-bond donors (Lipinski definition) is 3. The van der Waals surface area contributed by atoms with E-state index in [1.807, 2.05) is 0 Å². The molecule has 0 saturated carbocycles. The number of hydrogen-bond acceptors (Lipinski definition) is 6. The first kappa shape index (κ1) is 17.5. The molecule has 0 aliphatic rings. The zero-order valence-corrected chi connectivity index (χ0v) is 14.2. The van der Waals surface area contributed by atoms with Crippen molar-refractivity contribution in [3.8, 4) is 0 Å². The summed E-state index contributed by atoms with van der Waals surface area (Å²) in [5.41, 5.74) is 0. The number of anilines is 3. The van der Waals surface area contributed by atoms with E-state index in [2.05, 4.69) is 72.4 Å². The van der Waals surface area contributed by atoms with E-state index >= 15 is 0 Å². The van der Waals surface area contributed by atoms with Gasteiger partial charge in [0.15, 0.2) is 0 Å². The lowest BCUT2D eigenvalue weighted by Crippen LogP contribution is -2.22. The van der Waals surface area contributed by atoms with E-state index in [0.29, 0.717) is 36.0 Å². The highest BCUT2D eigenvalue weighted by Gasteiger charge is 2.11. The summed E-state index contributed by atoms with van der Waals surface area (Å²) in [5.74, 6) is 1.86. The SMILES string of the molecule is CC[C@H](C)Nc1nc(N[C@@H](C)CC)nc(N[C@@H](C)CC)n1. The molecular weight excluding hydrogens is 264 g/mol. The maximum Gasteiger partial charge on any atom is 0.229 e. The van der Waals surface area contributed by atoms with Crippen LogP contribution in [0.3, 0.4) is 0 Å². The molecule has 6 nitrogen and oxygen atoms in total. The highest BCUT2D eigenvalue weighted by Crippen LogP contribution is 2.13. The molecule has 0 amide bonds. The van der Waals surface area contributed by atoms with Crippen LogP contribution in [0.25, 0.3) is 0 Å². The van der Waals surface area contributed by atoms with Crippen LogP contribution in [0.2, 0.25) is 0 Å². The molecule has 1 rings (SSSR count). The zero-order valence-electron chi connectivity index (χ0n) is 14.2. The van der Waals surface area contributed by atoms with Crippen molar-refractivity contribution < 1.29 is 0 Å². The van der Waals surface area contributed by atoms with Crippen LogP contribution in [0.15, 0.2) is 0 Å². The average Bonchev–Trinajstić information content (AvgIpc) is 2.46. The van der Waals surface area contributed by atoms with Crippen LogP contribution in [0.5, 0.6) is 0 Å². The van der Waals surface area contributed by atoms with Gasteiger partial charge in [0.05, 0.1) is 0 Å². The topological polar surface area (TPSA) is 74.8 Å². The predicted molar refractivity (Wildman–Crippen MR) is 90.0 cm³/mol. The summed E-state index contributed by atoms with van der Waals surface area (Å²) in [7, 11) is 0. The number of rotatable bonds is 9. The summed E-state index contributed by atoms with van der Waals surface area (Å²) in [6.45, 7) is 12.8. The van der Waals surface area contributed by atoms with E-state index in [0.717, 1.165) is 19.3 Å². The van der Waals surface area contributed by atoms with Crippen molar-refractivity contribution in [1.29, 1.82) is 0 Å². The fourth-order valence-corrected chi connectivity index (χ4v) is 1.54. The first-order chi connectivity index (χ1) is 9.98. The third kappa shape index (κ3) is 6.14. The minimum absolute atomic E-state index is 0.334. The molecule has 0 saturated heterocycles. The number of nitrogens with zero attached hydrogens (tertiary/aromatic N) is 3. The van der Waals surface area contributed by atoms with Crippen molar-refractivity contribution in [2.75, 3.05) is 16.0 Å². The Morgan fingerprint density at radius 2 is 0.857 bits per heavy atom. The van der Waals surface area contributed by atoms with Crippen LogP contribution in [0, 0.1) is 0 Å². The molecule has 0 aliphatic heterocycles. The molecule has 1 aromatic heterocycles. The minimum Gasteiger partial charge on any atom is -0.352 e. The Bertz CT molecular complexity index is 348.